The molecule has 0 aliphatic heterocycles. The summed E-state index contributed by atoms with van der Waals surface area (Å²) in [6.45, 7) is 1.63. The number of aromatic nitrogens is 1. The molecule has 0 saturated heterocycles. The van der Waals surface area contributed by atoms with Gasteiger partial charge in [0.05, 0.1) is 0 Å². The van der Waals surface area contributed by atoms with E-state index in [1.54, 1.807) is 48.8 Å². The third-order valence-corrected chi connectivity index (χ3v) is 2.85. The van der Waals surface area contributed by atoms with Crippen molar-refractivity contribution in [2.45, 2.75) is 13.5 Å². The highest BCUT2D eigenvalue weighted by Gasteiger charge is 2.13. The van der Waals surface area contributed by atoms with Gasteiger partial charge in [-0.05, 0) is 35.9 Å². The van der Waals surface area contributed by atoms with Gasteiger partial charge in [-0.3, -0.25) is 19.4 Å². The number of anilines is 2. The third-order valence-electron chi connectivity index (χ3n) is 2.85. The van der Waals surface area contributed by atoms with Crippen LogP contribution in [0, 0.1) is 0 Å². The summed E-state index contributed by atoms with van der Waals surface area (Å²) in [5, 5.41) is 7.60. The maximum absolute atomic E-state index is 11.8. The van der Waals surface area contributed by atoms with Gasteiger partial charge < -0.3 is 16.0 Å². The minimum absolute atomic E-state index is 0.184. The van der Waals surface area contributed by atoms with Crippen molar-refractivity contribution in [3.05, 3.63) is 54.4 Å². The highest BCUT2D eigenvalue weighted by atomic mass is 16.2. The lowest BCUT2D eigenvalue weighted by Crippen LogP contribution is -2.34. The summed E-state index contributed by atoms with van der Waals surface area (Å²) in [5.41, 5.74) is 1.87. The van der Waals surface area contributed by atoms with Gasteiger partial charge in [-0.1, -0.05) is 6.07 Å². The molecule has 3 amide bonds. The number of nitrogens with one attached hydrogen (secondary N) is 3. The molecule has 2 rings (SSSR count). The lowest BCUT2D eigenvalue weighted by molar-refractivity contribution is -0.136. The van der Waals surface area contributed by atoms with Crippen LogP contribution in [0.1, 0.15) is 12.5 Å². The number of benzene rings is 1. The summed E-state index contributed by atoms with van der Waals surface area (Å²) in [4.78, 5) is 38.4. The Hall–Kier alpha value is -3.22. The van der Waals surface area contributed by atoms with Crippen LogP contribution in [0.3, 0.4) is 0 Å². The van der Waals surface area contributed by atoms with Crippen LogP contribution in [0.5, 0.6) is 0 Å². The first-order valence-corrected chi connectivity index (χ1v) is 6.90. The maximum atomic E-state index is 11.8. The summed E-state index contributed by atoms with van der Waals surface area (Å²) in [5.74, 6) is -1.68. The van der Waals surface area contributed by atoms with Gasteiger partial charge in [0.25, 0.3) is 0 Å². The molecule has 0 spiro atoms. The van der Waals surface area contributed by atoms with Gasteiger partial charge in [0.1, 0.15) is 0 Å². The zero-order valence-electron chi connectivity index (χ0n) is 12.5. The number of rotatable bonds is 4. The predicted octanol–water partition coefficient (Wildman–Crippen LogP) is 1.29. The molecule has 23 heavy (non-hydrogen) atoms. The molecule has 3 N–H and O–H groups in total. The van der Waals surface area contributed by atoms with Gasteiger partial charge in [0, 0.05) is 37.2 Å². The highest BCUT2D eigenvalue weighted by molar-refractivity contribution is 6.39. The van der Waals surface area contributed by atoms with E-state index in [0.29, 0.717) is 11.4 Å². The number of hydrogen-bond acceptors (Lipinski definition) is 4. The van der Waals surface area contributed by atoms with E-state index >= 15 is 0 Å². The molecule has 0 unspecified atom stereocenters. The Kier molecular flexibility index (Phi) is 5.40. The molecule has 1 aromatic heterocycles. The quantitative estimate of drug-likeness (QED) is 0.741. The molecular formula is C16H16N4O3. The van der Waals surface area contributed by atoms with Crippen molar-refractivity contribution < 1.29 is 14.4 Å². The highest BCUT2D eigenvalue weighted by Crippen LogP contribution is 2.13. The molecule has 118 valence electrons. The average molecular weight is 312 g/mol. The Balaban J connectivity index is 1.85. The molecule has 0 fully saturated rings. The van der Waals surface area contributed by atoms with Gasteiger partial charge in [0.15, 0.2) is 0 Å². The molecule has 0 saturated carbocycles. The molecule has 0 atom stereocenters. The first kappa shape index (κ1) is 16.2. The first-order chi connectivity index (χ1) is 11.0. The van der Waals surface area contributed by atoms with E-state index in [4.69, 9.17) is 0 Å². The summed E-state index contributed by atoms with van der Waals surface area (Å²) in [7, 11) is 0. The predicted molar refractivity (Wildman–Crippen MR) is 85.5 cm³/mol. The van der Waals surface area contributed by atoms with E-state index < -0.39 is 11.8 Å². The molecule has 0 aliphatic rings. The Bertz CT molecular complexity index is 699. The van der Waals surface area contributed by atoms with Crippen molar-refractivity contribution in [1.82, 2.24) is 10.3 Å². The maximum Gasteiger partial charge on any atom is 0.313 e. The number of carbonyl (C=O) groups is 3. The van der Waals surface area contributed by atoms with Crippen molar-refractivity contribution in [2.24, 2.45) is 0 Å². The second-order valence-electron chi connectivity index (χ2n) is 4.76. The fourth-order valence-electron chi connectivity index (χ4n) is 1.79. The number of carbonyl (C=O) groups excluding carboxylic acids is 3. The van der Waals surface area contributed by atoms with Crippen LogP contribution in [0.15, 0.2) is 48.8 Å². The third kappa shape index (κ3) is 5.24. The van der Waals surface area contributed by atoms with Crippen molar-refractivity contribution in [3.63, 3.8) is 0 Å². The first-order valence-electron chi connectivity index (χ1n) is 6.90. The van der Waals surface area contributed by atoms with Crippen LogP contribution in [-0.4, -0.2) is 22.7 Å². The summed E-state index contributed by atoms with van der Waals surface area (Å²) < 4.78 is 0. The Labute approximate surface area is 133 Å². The van der Waals surface area contributed by atoms with Gasteiger partial charge in [0.2, 0.25) is 5.91 Å². The van der Waals surface area contributed by atoms with Crippen LogP contribution in [0.2, 0.25) is 0 Å². The summed E-state index contributed by atoms with van der Waals surface area (Å²) in [6, 6.07) is 9.99. The van der Waals surface area contributed by atoms with Gasteiger partial charge in [-0.15, -0.1) is 0 Å². The zero-order chi connectivity index (χ0) is 16.7. The number of hydrogen-bond donors (Lipinski definition) is 3. The van der Waals surface area contributed by atoms with Crippen molar-refractivity contribution in [2.75, 3.05) is 10.6 Å². The number of nitrogens with zero attached hydrogens (tertiary/aromatic N) is 1. The zero-order valence-corrected chi connectivity index (χ0v) is 12.5. The topological polar surface area (TPSA) is 100 Å². The Morgan fingerprint density at radius 1 is 0.957 bits per heavy atom. The van der Waals surface area contributed by atoms with Gasteiger partial charge >= 0.3 is 11.8 Å². The Morgan fingerprint density at radius 3 is 2.17 bits per heavy atom. The number of amides is 3. The second kappa shape index (κ2) is 7.69. The van der Waals surface area contributed by atoms with Crippen LogP contribution in [0.4, 0.5) is 11.4 Å². The normalized spacial score (nSPS) is 9.78. The van der Waals surface area contributed by atoms with E-state index in [9.17, 15) is 14.4 Å². The van der Waals surface area contributed by atoms with Gasteiger partial charge in [-0.2, -0.15) is 0 Å². The van der Waals surface area contributed by atoms with Crippen molar-refractivity contribution in [3.8, 4) is 0 Å². The summed E-state index contributed by atoms with van der Waals surface area (Å²) >= 11 is 0. The lowest BCUT2D eigenvalue weighted by atomic mass is 10.2. The van der Waals surface area contributed by atoms with E-state index in [1.165, 1.54) is 6.92 Å². The molecule has 0 bridgehead atoms. The second-order valence-corrected chi connectivity index (χ2v) is 4.76. The fraction of sp³-hybridized carbons (Fsp3) is 0.125. The van der Waals surface area contributed by atoms with Crippen LogP contribution < -0.4 is 16.0 Å². The standard InChI is InChI=1S/C16H16N4O3/c1-11(21)19-13-4-6-14(7-5-13)20-16(23)15(22)18-10-12-3-2-8-17-9-12/h2-9H,10H2,1H3,(H,18,22)(H,19,21)(H,20,23). The fourth-order valence-corrected chi connectivity index (χ4v) is 1.79. The molecular weight excluding hydrogens is 296 g/mol. The molecule has 0 aliphatic carbocycles. The van der Waals surface area contributed by atoms with Crippen molar-refractivity contribution >= 4 is 29.1 Å². The van der Waals surface area contributed by atoms with Crippen LogP contribution in [0.25, 0.3) is 0 Å². The monoisotopic (exact) mass is 312 g/mol. The van der Waals surface area contributed by atoms with E-state index in [2.05, 4.69) is 20.9 Å². The minimum Gasteiger partial charge on any atom is -0.344 e. The SMILES string of the molecule is CC(=O)Nc1ccc(NC(=O)C(=O)NCc2cccnc2)cc1. The molecule has 2 aromatic rings. The molecule has 1 aromatic carbocycles. The summed E-state index contributed by atoms with van der Waals surface area (Å²) in [6.07, 6.45) is 3.24. The Morgan fingerprint density at radius 2 is 1.61 bits per heavy atom. The van der Waals surface area contributed by atoms with Crippen molar-refractivity contribution in [1.29, 1.82) is 0 Å². The smallest absolute Gasteiger partial charge is 0.313 e. The molecule has 7 nitrogen and oxygen atoms in total. The molecule has 7 heteroatoms. The minimum atomic E-state index is -0.763. The van der Waals surface area contributed by atoms with E-state index in [0.717, 1.165) is 5.56 Å². The molecule has 0 radical (unpaired) electrons. The average Bonchev–Trinajstić information content (AvgIpc) is 2.55. The largest absolute Gasteiger partial charge is 0.344 e. The van der Waals surface area contributed by atoms with Crippen LogP contribution >= 0.6 is 0 Å². The molecule has 1 heterocycles. The van der Waals surface area contributed by atoms with E-state index in [1.807, 2.05) is 0 Å². The van der Waals surface area contributed by atoms with E-state index in [-0.39, 0.29) is 12.5 Å². The van der Waals surface area contributed by atoms with Crippen LogP contribution in [-0.2, 0) is 20.9 Å². The lowest BCUT2D eigenvalue weighted by Gasteiger charge is -2.07. The number of pyridine rings is 1. The van der Waals surface area contributed by atoms with Gasteiger partial charge in [-0.25, -0.2) is 0 Å².